The minimum Gasteiger partial charge on any atom is -0.377 e. The Morgan fingerprint density at radius 3 is 2.61 bits per heavy atom. The van der Waals surface area contributed by atoms with Crippen molar-refractivity contribution in [2.45, 2.75) is 58.6 Å². The van der Waals surface area contributed by atoms with Gasteiger partial charge in [0.25, 0.3) is 0 Å². The van der Waals surface area contributed by atoms with Crippen LogP contribution >= 0.6 is 0 Å². The Morgan fingerprint density at radius 1 is 1.33 bits per heavy atom. The fourth-order valence-corrected chi connectivity index (χ4v) is 3.16. The SMILES string of the molecule is CC1CCCC(C(CN)N(C)CCOC(C)C)C1. The molecular formula is C15H32N2O. The lowest BCUT2D eigenvalue weighted by atomic mass is 9.78. The summed E-state index contributed by atoms with van der Waals surface area (Å²) in [4.78, 5) is 2.41. The van der Waals surface area contributed by atoms with E-state index in [9.17, 15) is 0 Å². The Labute approximate surface area is 113 Å². The molecule has 0 bridgehead atoms. The van der Waals surface area contributed by atoms with Crippen LogP contribution in [0.5, 0.6) is 0 Å². The normalized spacial score (nSPS) is 26.8. The van der Waals surface area contributed by atoms with E-state index >= 15 is 0 Å². The molecule has 2 N–H and O–H groups in total. The second-order valence-corrected chi connectivity index (χ2v) is 6.24. The van der Waals surface area contributed by atoms with Crippen molar-refractivity contribution in [1.29, 1.82) is 0 Å². The van der Waals surface area contributed by atoms with Crippen molar-refractivity contribution < 1.29 is 4.74 Å². The second-order valence-electron chi connectivity index (χ2n) is 6.24. The zero-order chi connectivity index (χ0) is 13.5. The molecule has 0 aromatic heterocycles. The van der Waals surface area contributed by atoms with Gasteiger partial charge in [0.1, 0.15) is 0 Å². The van der Waals surface area contributed by atoms with Gasteiger partial charge in [0.2, 0.25) is 0 Å². The number of hydrogen-bond donors (Lipinski definition) is 1. The molecule has 0 amide bonds. The molecule has 0 spiro atoms. The van der Waals surface area contributed by atoms with E-state index in [1.807, 2.05) is 0 Å². The molecule has 0 aromatic carbocycles. The molecule has 3 atom stereocenters. The second kappa shape index (κ2) is 8.13. The number of nitrogens with zero attached hydrogens (tertiary/aromatic N) is 1. The van der Waals surface area contributed by atoms with Crippen molar-refractivity contribution >= 4 is 0 Å². The van der Waals surface area contributed by atoms with Gasteiger partial charge in [0, 0.05) is 19.1 Å². The predicted octanol–water partition coefficient (Wildman–Crippen LogP) is 2.50. The number of hydrogen-bond acceptors (Lipinski definition) is 3. The van der Waals surface area contributed by atoms with Gasteiger partial charge in [-0.2, -0.15) is 0 Å². The lowest BCUT2D eigenvalue weighted by Gasteiger charge is -2.38. The summed E-state index contributed by atoms with van der Waals surface area (Å²) in [6.45, 7) is 9.13. The molecular weight excluding hydrogens is 224 g/mol. The van der Waals surface area contributed by atoms with Crippen molar-refractivity contribution in [1.82, 2.24) is 4.90 Å². The number of nitrogens with two attached hydrogens (primary N) is 1. The zero-order valence-corrected chi connectivity index (χ0v) is 12.7. The predicted molar refractivity (Wildman–Crippen MR) is 77.7 cm³/mol. The molecule has 3 heteroatoms. The van der Waals surface area contributed by atoms with E-state index < -0.39 is 0 Å². The average Bonchev–Trinajstić information content (AvgIpc) is 2.29. The topological polar surface area (TPSA) is 38.5 Å². The van der Waals surface area contributed by atoms with E-state index in [-0.39, 0.29) is 0 Å². The first kappa shape index (κ1) is 15.9. The highest BCUT2D eigenvalue weighted by atomic mass is 16.5. The average molecular weight is 256 g/mol. The van der Waals surface area contributed by atoms with Crippen LogP contribution in [0.2, 0.25) is 0 Å². The summed E-state index contributed by atoms with van der Waals surface area (Å²) in [7, 11) is 2.19. The summed E-state index contributed by atoms with van der Waals surface area (Å²) >= 11 is 0. The molecule has 1 fully saturated rings. The van der Waals surface area contributed by atoms with Crippen LogP contribution in [0.1, 0.15) is 46.5 Å². The maximum Gasteiger partial charge on any atom is 0.0596 e. The smallest absolute Gasteiger partial charge is 0.0596 e. The van der Waals surface area contributed by atoms with E-state index in [2.05, 4.69) is 32.7 Å². The van der Waals surface area contributed by atoms with Crippen LogP contribution in [-0.2, 0) is 4.74 Å². The number of likely N-dealkylation sites (N-methyl/N-ethyl adjacent to an activating group) is 1. The summed E-state index contributed by atoms with van der Waals surface area (Å²) in [5.41, 5.74) is 6.00. The molecule has 0 heterocycles. The highest BCUT2D eigenvalue weighted by molar-refractivity contribution is 4.83. The molecule has 1 aliphatic carbocycles. The molecule has 108 valence electrons. The van der Waals surface area contributed by atoms with Gasteiger partial charge in [-0.1, -0.05) is 19.8 Å². The Hall–Kier alpha value is -0.120. The maximum absolute atomic E-state index is 6.00. The highest BCUT2D eigenvalue weighted by Gasteiger charge is 2.28. The van der Waals surface area contributed by atoms with Gasteiger partial charge in [0.15, 0.2) is 0 Å². The third kappa shape index (κ3) is 5.25. The van der Waals surface area contributed by atoms with Crippen molar-refractivity contribution in [2.75, 3.05) is 26.7 Å². The third-order valence-electron chi connectivity index (χ3n) is 4.22. The molecule has 3 nitrogen and oxygen atoms in total. The summed E-state index contributed by atoms with van der Waals surface area (Å²) < 4.78 is 5.63. The first-order valence-corrected chi connectivity index (χ1v) is 7.56. The van der Waals surface area contributed by atoms with Crippen LogP contribution in [0.4, 0.5) is 0 Å². The lowest BCUT2D eigenvalue weighted by molar-refractivity contribution is 0.0440. The standard InChI is InChI=1S/C15H32N2O/c1-12(2)18-9-8-17(4)15(11-16)14-7-5-6-13(3)10-14/h12-15H,5-11,16H2,1-4H3. The van der Waals surface area contributed by atoms with E-state index in [1.54, 1.807) is 0 Å². The summed E-state index contributed by atoms with van der Waals surface area (Å²) in [6, 6.07) is 0.531. The number of ether oxygens (including phenoxy) is 1. The van der Waals surface area contributed by atoms with E-state index in [0.29, 0.717) is 12.1 Å². The molecule has 0 aliphatic heterocycles. The molecule has 18 heavy (non-hydrogen) atoms. The summed E-state index contributed by atoms with van der Waals surface area (Å²) in [5.74, 6) is 1.65. The van der Waals surface area contributed by atoms with Gasteiger partial charge in [-0.25, -0.2) is 0 Å². The Bertz CT molecular complexity index is 221. The van der Waals surface area contributed by atoms with Crippen molar-refractivity contribution in [3.63, 3.8) is 0 Å². The van der Waals surface area contributed by atoms with Gasteiger partial charge in [-0.3, -0.25) is 4.90 Å². The molecule has 1 saturated carbocycles. The monoisotopic (exact) mass is 256 g/mol. The van der Waals surface area contributed by atoms with E-state index in [0.717, 1.165) is 31.5 Å². The molecule has 0 radical (unpaired) electrons. The van der Waals surface area contributed by atoms with Crippen LogP contribution < -0.4 is 5.73 Å². The highest BCUT2D eigenvalue weighted by Crippen LogP contribution is 2.32. The lowest BCUT2D eigenvalue weighted by Crippen LogP contribution is -2.46. The molecule has 0 aromatic rings. The van der Waals surface area contributed by atoms with Gasteiger partial charge < -0.3 is 10.5 Å². The van der Waals surface area contributed by atoms with Crippen molar-refractivity contribution in [3.8, 4) is 0 Å². The van der Waals surface area contributed by atoms with Crippen LogP contribution in [0.3, 0.4) is 0 Å². The summed E-state index contributed by atoms with van der Waals surface area (Å²) in [5, 5.41) is 0. The van der Waals surface area contributed by atoms with Gasteiger partial charge in [0.05, 0.1) is 12.7 Å². The minimum absolute atomic E-state index is 0.324. The first-order chi connectivity index (χ1) is 8.54. The summed E-state index contributed by atoms with van der Waals surface area (Å²) in [6.07, 6.45) is 5.79. The minimum atomic E-state index is 0.324. The van der Waals surface area contributed by atoms with Crippen molar-refractivity contribution in [2.24, 2.45) is 17.6 Å². The van der Waals surface area contributed by atoms with Crippen LogP contribution in [-0.4, -0.2) is 43.8 Å². The molecule has 1 rings (SSSR count). The van der Waals surface area contributed by atoms with Crippen molar-refractivity contribution in [3.05, 3.63) is 0 Å². The largest absolute Gasteiger partial charge is 0.377 e. The fourth-order valence-electron chi connectivity index (χ4n) is 3.16. The van der Waals surface area contributed by atoms with Gasteiger partial charge in [-0.05, 0) is 45.6 Å². The third-order valence-corrected chi connectivity index (χ3v) is 4.22. The Balaban J connectivity index is 2.38. The van der Waals surface area contributed by atoms with Crippen LogP contribution in [0.25, 0.3) is 0 Å². The molecule has 0 saturated heterocycles. The van der Waals surface area contributed by atoms with E-state index in [4.69, 9.17) is 10.5 Å². The zero-order valence-electron chi connectivity index (χ0n) is 12.7. The molecule has 1 aliphatic rings. The van der Waals surface area contributed by atoms with Crippen LogP contribution in [0.15, 0.2) is 0 Å². The Morgan fingerprint density at radius 2 is 2.06 bits per heavy atom. The van der Waals surface area contributed by atoms with Gasteiger partial charge >= 0.3 is 0 Å². The number of rotatable bonds is 7. The molecule has 3 unspecified atom stereocenters. The van der Waals surface area contributed by atoms with Crippen LogP contribution in [0, 0.1) is 11.8 Å². The van der Waals surface area contributed by atoms with Gasteiger partial charge in [-0.15, -0.1) is 0 Å². The first-order valence-electron chi connectivity index (χ1n) is 7.56. The maximum atomic E-state index is 6.00. The van der Waals surface area contributed by atoms with E-state index in [1.165, 1.54) is 25.7 Å². The quantitative estimate of drug-likeness (QED) is 0.760. The Kier molecular flexibility index (Phi) is 7.20. The fraction of sp³-hybridized carbons (Fsp3) is 1.00.